The molecule has 0 aliphatic carbocycles. The topological polar surface area (TPSA) is 40.5 Å². The number of anilines is 1. The first-order valence-electron chi connectivity index (χ1n) is 5.98. The number of nitrogens with zero attached hydrogens (tertiary/aromatic N) is 1. The lowest BCUT2D eigenvalue weighted by atomic mass is 10.1. The summed E-state index contributed by atoms with van der Waals surface area (Å²) in [7, 11) is 0. The van der Waals surface area contributed by atoms with Gasteiger partial charge in [0.1, 0.15) is 5.82 Å². The zero-order valence-electron chi connectivity index (χ0n) is 10.8. The maximum absolute atomic E-state index is 13.7. The summed E-state index contributed by atoms with van der Waals surface area (Å²) in [6.07, 6.45) is -1.19. The number of carbonyl (C=O) groups is 1. The van der Waals surface area contributed by atoms with Gasteiger partial charge in [0.25, 0.3) is 0 Å². The summed E-state index contributed by atoms with van der Waals surface area (Å²) in [6.45, 7) is 2.01. The molecule has 20 heavy (non-hydrogen) atoms. The van der Waals surface area contributed by atoms with E-state index in [1.807, 2.05) is 25.1 Å². The third-order valence-corrected chi connectivity index (χ3v) is 3.27. The molecule has 3 nitrogen and oxygen atoms in total. The molecule has 0 saturated carbocycles. The van der Waals surface area contributed by atoms with E-state index in [4.69, 9.17) is 0 Å². The monoisotopic (exact) mass is 337 g/mol. The van der Waals surface area contributed by atoms with Crippen molar-refractivity contribution < 1.29 is 14.3 Å². The van der Waals surface area contributed by atoms with E-state index in [-0.39, 0.29) is 12.2 Å². The van der Waals surface area contributed by atoms with Crippen LogP contribution in [-0.2, 0) is 6.54 Å². The Morgan fingerprint density at radius 1 is 1.30 bits per heavy atom. The molecule has 0 aliphatic rings. The molecule has 1 N–H and O–H groups in total. The van der Waals surface area contributed by atoms with Gasteiger partial charge in [-0.25, -0.2) is 9.18 Å². The molecule has 2 rings (SSSR count). The highest BCUT2D eigenvalue weighted by Gasteiger charge is 2.18. The zero-order chi connectivity index (χ0) is 14.7. The van der Waals surface area contributed by atoms with Crippen LogP contribution in [0.5, 0.6) is 0 Å². The molecule has 1 amide bonds. The van der Waals surface area contributed by atoms with Crippen LogP contribution < -0.4 is 4.90 Å². The zero-order valence-corrected chi connectivity index (χ0v) is 12.4. The molecular formula is C15H13BrFNO2. The van der Waals surface area contributed by atoms with Crippen molar-refractivity contribution in [2.24, 2.45) is 0 Å². The Hall–Kier alpha value is -1.88. The van der Waals surface area contributed by atoms with Crippen molar-refractivity contribution in [2.45, 2.75) is 13.5 Å². The van der Waals surface area contributed by atoms with Gasteiger partial charge in [-0.3, -0.25) is 4.90 Å². The predicted octanol–water partition coefficient (Wildman–Crippen LogP) is 4.58. The lowest BCUT2D eigenvalue weighted by Gasteiger charge is -2.20. The van der Waals surface area contributed by atoms with E-state index < -0.39 is 11.9 Å². The van der Waals surface area contributed by atoms with Crippen molar-refractivity contribution >= 4 is 27.7 Å². The molecule has 2 aromatic rings. The molecule has 0 aromatic heterocycles. The van der Waals surface area contributed by atoms with Gasteiger partial charge in [0.15, 0.2) is 0 Å². The van der Waals surface area contributed by atoms with Gasteiger partial charge in [0.2, 0.25) is 0 Å². The second-order valence-corrected chi connectivity index (χ2v) is 5.37. The summed E-state index contributed by atoms with van der Waals surface area (Å²) in [4.78, 5) is 12.4. The average Bonchev–Trinajstić information content (AvgIpc) is 2.35. The summed E-state index contributed by atoms with van der Waals surface area (Å²) < 4.78 is 14.6. The van der Waals surface area contributed by atoms with E-state index >= 15 is 0 Å². The van der Waals surface area contributed by atoms with Crippen LogP contribution in [0.3, 0.4) is 0 Å². The number of benzene rings is 2. The molecule has 0 heterocycles. The third kappa shape index (κ3) is 3.36. The number of para-hydroxylation sites is 1. The molecule has 0 aliphatic heterocycles. The molecule has 0 radical (unpaired) electrons. The number of carboxylic acid groups (broad SMARTS) is 1. The van der Waals surface area contributed by atoms with Crippen LogP contribution in [0.4, 0.5) is 14.9 Å². The fourth-order valence-electron chi connectivity index (χ4n) is 2.01. The standard InChI is InChI=1S/C15H13BrFNO2/c1-10-6-11(8-12(16)7-10)9-18(15(19)20)14-5-3-2-4-13(14)17/h2-8H,9H2,1H3,(H,19,20). The third-order valence-electron chi connectivity index (χ3n) is 2.82. The van der Waals surface area contributed by atoms with Gasteiger partial charge >= 0.3 is 6.09 Å². The number of hydrogen-bond acceptors (Lipinski definition) is 1. The molecule has 0 atom stereocenters. The van der Waals surface area contributed by atoms with Crippen LogP contribution in [0, 0.1) is 12.7 Å². The quantitative estimate of drug-likeness (QED) is 0.890. The van der Waals surface area contributed by atoms with Crippen molar-refractivity contribution in [3.8, 4) is 0 Å². The SMILES string of the molecule is Cc1cc(Br)cc(CN(C(=O)O)c2ccccc2F)c1. The maximum atomic E-state index is 13.7. The van der Waals surface area contributed by atoms with Gasteiger partial charge in [-0.05, 0) is 42.3 Å². The van der Waals surface area contributed by atoms with Crippen molar-refractivity contribution in [2.75, 3.05) is 4.90 Å². The molecule has 0 bridgehead atoms. The van der Waals surface area contributed by atoms with Gasteiger partial charge in [-0.2, -0.15) is 0 Å². The van der Waals surface area contributed by atoms with E-state index in [9.17, 15) is 14.3 Å². The Bertz CT molecular complexity index is 625. The van der Waals surface area contributed by atoms with Gasteiger partial charge < -0.3 is 5.11 Å². The first-order chi connectivity index (χ1) is 9.47. The molecule has 0 unspecified atom stereocenters. The van der Waals surface area contributed by atoms with E-state index in [1.165, 1.54) is 18.2 Å². The van der Waals surface area contributed by atoms with E-state index in [0.29, 0.717) is 0 Å². The van der Waals surface area contributed by atoms with Crippen LogP contribution in [0.15, 0.2) is 46.9 Å². The molecule has 104 valence electrons. The molecular weight excluding hydrogens is 325 g/mol. The number of halogens is 2. The van der Waals surface area contributed by atoms with Crippen molar-refractivity contribution in [1.29, 1.82) is 0 Å². The summed E-state index contributed by atoms with van der Waals surface area (Å²) in [5.74, 6) is -0.554. The normalized spacial score (nSPS) is 10.3. The van der Waals surface area contributed by atoms with E-state index in [0.717, 1.165) is 20.5 Å². The number of aryl methyl sites for hydroxylation is 1. The highest BCUT2D eigenvalue weighted by molar-refractivity contribution is 9.10. The summed E-state index contributed by atoms with van der Waals surface area (Å²) in [6, 6.07) is 11.5. The van der Waals surface area contributed by atoms with Gasteiger partial charge in [0.05, 0.1) is 12.2 Å². The number of amides is 1. The molecule has 0 saturated heterocycles. The lowest BCUT2D eigenvalue weighted by Crippen LogP contribution is -2.29. The predicted molar refractivity (Wildman–Crippen MR) is 79.5 cm³/mol. The highest BCUT2D eigenvalue weighted by atomic mass is 79.9. The summed E-state index contributed by atoms with van der Waals surface area (Å²) in [5.41, 5.74) is 1.86. The van der Waals surface area contributed by atoms with Gasteiger partial charge in [0, 0.05) is 4.47 Å². The largest absolute Gasteiger partial charge is 0.465 e. The number of hydrogen-bond donors (Lipinski definition) is 1. The van der Waals surface area contributed by atoms with Crippen LogP contribution in [0.2, 0.25) is 0 Å². The Kier molecular flexibility index (Phi) is 4.39. The van der Waals surface area contributed by atoms with Gasteiger partial charge in [-0.1, -0.05) is 34.1 Å². The van der Waals surface area contributed by atoms with Crippen molar-refractivity contribution in [3.05, 3.63) is 63.9 Å². The van der Waals surface area contributed by atoms with Crippen LogP contribution >= 0.6 is 15.9 Å². The highest BCUT2D eigenvalue weighted by Crippen LogP contribution is 2.23. The van der Waals surface area contributed by atoms with Crippen LogP contribution in [0.1, 0.15) is 11.1 Å². The average molecular weight is 338 g/mol. The molecule has 0 spiro atoms. The minimum Gasteiger partial charge on any atom is -0.465 e. The lowest BCUT2D eigenvalue weighted by molar-refractivity contribution is 0.201. The Balaban J connectivity index is 2.36. The minimum absolute atomic E-state index is 0.0534. The number of rotatable bonds is 3. The second kappa shape index (κ2) is 6.05. The summed E-state index contributed by atoms with van der Waals surface area (Å²) >= 11 is 3.37. The van der Waals surface area contributed by atoms with Gasteiger partial charge in [-0.15, -0.1) is 0 Å². The Morgan fingerprint density at radius 3 is 2.60 bits per heavy atom. The maximum Gasteiger partial charge on any atom is 0.412 e. The first kappa shape index (κ1) is 14.5. The molecule has 2 aromatic carbocycles. The molecule has 5 heteroatoms. The Labute approximate surface area is 124 Å². The van der Waals surface area contributed by atoms with Crippen LogP contribution in [0.25, 0.3) is 0 Å². The summed E-state index contributed by atoms with van der Waals surface area (Å²) in [5, 5.41) is 9.30. The van der Waals surface area contributed by atoms with Crippen LogP contribution in [-0.4, -0.2) is 11.2 Å². The van der Waals surface area contributed by atoms with E-state index in [2.05, 4.69) is 15.9 Å². The fraction of sp³-hybridized carbons (Fsp3) is 0.133. The fourth-order valence-corrected chi connectivity index (χ4v) is 2.67. The molecule has 0 fully saturated rings. The smallest absolute Gasteiger partial charge is 0.412 e. The van der Waals surface area contributed by atoms with Crippen molar-refractivity contribution in [3.63, 3.8) is 0 Å². The van der Waals surface area contributed by atoms with Crippen molar-refractivity contribution in [1.82, 2.24) is 0 Å². The minimum atomic E-state index is -1.19. The second-order valence-electron chi connectivity index (χ2n) is 4.46. The first-order valence-corrected chi connectivity index (χ1v) is 6.78. The van der Waals surface area contributed by atoms with E-state index in [1.54, 1.807) is 6.07 Å². The Morgan fingerprint density at radius 2 is 2.00 bits per heavy atom.